The lowest BCUT2D eigenvalue weighted by atomic mass is 10.1. The van der Waals surface area contributed by atoms with Gasteiger partial charge in [-0.25, -0.2) is 4.39 Å². The largest absolute Gasteiger partial charge is 0.395 e. The maximum absolute atomic E-state index is 13.7. The molecule has 1 rings (SSSR count). The zero-order valence-corrected chi connectivity index (χ0v) is 13.5. The van der Waals surface area contributed by atoms with Crippen LogP contribution in [0.5, 0.6) is 0 Å². The van der Waals surface area contributed by atoms with Crippen molar-refractivity contribution < 1.29 is 9.50 Å². The molecule has 0 aliphatic carbocycles. The van der Waals surface area contributed by atoms with Gasteiger partial charge in [-0.3, -0.25) is 4.90 Å². The summed E-state index contributed by atoms with van der Waals surface area (Å²) in [5.74, 6) is 5.86. The van der Waals surface area contributed by atoms with Gasteiger partial charge in [0.1, 0.15) is 5.82 Å². The lowest BCUT2D eigenvalue weighted by molar-refractivity contribution is 0.189. The van der Waals surface area contributed by atoms with Gasteiger partial charge >= 0.3 is 0 Å². The molecule has 1 aromatic rings. The van der Waals surface area contributed by atoms with Crippen LogP contribution in [0.25, 0.3) is 0 Å². The molecular formula is C18H26FNO. The minimum absolute atomic E-state index is 0.00380. The molecule has 0 aliphatic rings. The molecular weight excluding hydrogens is 265 g/mol. The molecule has 3 heteroatoms. The Labute approximate surface area is 128 Å². The molecule has 0 bridgehead atoms. The van der Waals surface area contributed by atoms with Crippen LogP contribution in [0.1, 0.15) is 45.2 Å². The first-order valence-corrected chi connectivity index (χ1v) is 7.56. The molecule has 0 spiro atoms. The summed E-state index contributed by atoms with van der Waals surface area (Å²) >= 11 is 0. The molecule has 0 unspecified atom stereocenters. The zero-order chi connectivity index (χ0) is 15.8. The Balaban J connectivity index is 2.88. The average Bonchev–Trinajstić information content (AvgIpc) is 2.41. The Kier molecular flexibility index (Phi) is 7.42. The van der Waals surface area contributed by atoms with Gasteiger partial charge in [0.05, 0.1) is 12.2 Å². The highest BCUT2D eigenvalue weighted by atomic mass is 19.1. The highest BCUT2D eigenvalue weighted by molar-refractivity contribution is 5.38. The van der Waals surface area contributed by atoms with E-state index < -0.39 is 0 Å². The smallest absolute Gasteiger partial charge is 0.138 e. The predicted octanol–water partition coefficient (Wildman–Crippen LogP) is 3.43. The third-order valence-electron chi connectivity index (χ3n) is 3.21. The molecule has 0 saturated heterocycles. The van der Waals surface area contributed by atoms with Gasteiger partial charge in [0, 0.05) is 25.6 Å². The second kappa shape index (κ2) is 8.81. The highest BCUT2D eigenvalue weighted by Crippen LogP contribution is 2.14. The molecule has 0 aliphatic heterocycles. The lowest BCUT2D eigenvalue weighted by Gasteiger charge is -2.28. The second-order valence-corrected chi connectivity index (χ2v) is 6.01. The van der Waals surface area contributed by atoms with Gasteiger partial charge in [0.25, 0.3) is 0 Å². The van der Waals surface area contributed by atoms with E-state index in [-0.39, 0.29) is 12.4 Å². The molecule has 1 N–H and O–H groups in total. The minimum atomic E-state index is -0.302. The van der Waals surface area contributed by atoms with Crippen molar-refractivity contribution in [3.05, 3.63) is 35.1 Å². The van der Waals surface area contributed by atoms with E-state index in [0.717, 1.165) is 18.7 Å². The van der Waals surface area contributed by atoms with Gasteiger partial charge < -0.3 is 5.11 Å². The van der Waals surface area contributed by atoms with E-state index in [1.807, 2.05) is 12.1 Å². The number of aliphatic hydroxyl groups is 1. The summed E-state index contributed by atoms with van der Waals surface area (Å²) in [5.41, 5.74) is 1.48. The van der Waals surface area contributed by atoms with Crippen LogP contribution >= 0.6 is 0 Å². The molecule has 116 valence electrons. The van der Waals surface area contributed by atoms with Crippen molar-refractivity contribution >= 4 is 0 Å². The Morgan fingerprint density at radius 2 is 1.95 bits per heavy atom. The third kappa shape index (κ3) is 6.29. The molecule has 0 atom stereocenters. The highest BCUT2D eigenvalue weighted by Gasteiger charge is 2.12. The summed E-state index contributed by atoms with van der Waals surface area (Å²) in [6, 6.07) is 5.56. The number of hydrogen-bond donors (Lipinski definition) is 1. The molecule has 1 aromatic carbocycles. The Morgan fingerprint density at radius 3 is 2.52 bits per heavy atom. The number of nitrogens with zero attached hydrogens (tertiary/aromatic N) is 1. The molecule has 0 fully saturated rings. The number of aliphatic hydroxyl groups excluding tert-OH is 1. The van der Waals surface area contributed by atoms with Crippen molar-refractivity contribution in [2.75, 3.05) is 13.2 Å². The Bertz CT molecular complexity index is 500. The van der Waals surface area contributed by atoms with Crippen LogP contribution < -0.4 is 0 Å². The van der Waals surface area contributed by atoms with E-state index in [4.69, 9.17) is 5.11 Å². The number of halogens is 1. The fourth-order valence-electron chi connectivity index (χ4n) is 2.14. The van der Waals surface area contributed by atoms with Crippen molar-refractivity contribution in [3.63, 3.8) is 0 Å². The third-order valence-corrected chi connectivity index (χ3v) is 3.21. The van der Waals surface area contributed by atoms with Gasteiger partial charge in [-0.2, -0.15) is 0 Å². The van der Waals surface area contributed by atoms with E-state index in [2.05, 4.69) is 44.4 Å². The van der Waals surface area contributed by atoms with E-state index in [9.17, 15) is 4.39 Å². The van der Waals surface area contributed by atoms with Crippen LogP contribution in [0.4, 0.5) is 4.39 Å². The van der Waals surface area contributed by atoms with Crippen LogP contribution in [-0.2, 0) is 6.54 Å². The summed E-state index contributed by atoms with van der Waals surface area (Å²) in [5, 5.41) is 8.73. The van der Waals surface area contributed by atoms with E-state index in [1.54, 1.807) is 0 Å². The SMILES string of the molecule is CC(C)CN(Cc1ccc(F)c(C#CCCO)c1)C(C)C. The average molecular weight is 291 g/mol. The first-order chi connectivity index (χ1) is 9.93. The topological polar surface area (TPSA) is 23.5 Å². The monoisotopic (exact) mass is 291 g/mol. The first kappa shape index (κ1) is 17.7. The maximum atomic E-state index is 13.7. The molecule has 2 nitrogen and oxygen atoms in total. The van der Waals surface area contributed by atoms with Crippen molar-refractivity contribution in [2.45, 2.75) is 46.7 Å². The predicted molar refractivity (Wildman–Crippen MR) is 85.4 cm³/mol. The Morgan fingerprint density at radius 1 is 1.24 bits per heavy atom. The van der Waals surface area contributed by atoms with Crippen molar-refractivity contribution in [1.82, 2.24) is 4.90 Å². The van der Waals surface area contributed by atoms with Gasteiger partial charge in [0.2, 0.25) is 0 Å². The van der Waals surface area contributed by atoms with Crippen LogP contribution in [0.15, 0.2) is 18.2 Å². The van der Waals surface area contributed by atoms with Crippen LogP contribution in [0.3, 0.4) is 0 Å². The molecule has 0 saturated carbocycles. The van der Waals surface area contributed by atoms with E-state index >= 15 is 0 Å². The normalized spacial score (nSPS) is 11.1. The van der Waals surface area contributed by atoms with Gasteiger partial charge in [-0.1, -0.05) is 31.8 Å². The maximum Gasteiger partial charge on any atom is 0.138 e. The summed E-state index contributed by atoms with van der Waals surface area (Å²) in [6.07, 6.45) is 0.370. The number of rotatable bonds is 6. The van der Waals surface area contributed by atoms with Crippen molar-refractivity contribution in [1.29, 1.82) is 0 Å². The standard InChI is InChI=1S/C18H26FNO/c1-14(2)12-20(15(3)4)13-16-8-9-18(19)17(11-16)7-5-6-10-21/h8-9,11,14-15,21H,6,10,12-13H2,1-4H3. The fourth-order valence-corrected chi connectivity index (χ4v) is 2.14. The zero-order valence-electron chi connectivity index (χ0n) is 13.5. The molecule has 0 heterocycles. The number of benzene rings is 1. The molecule has 21 heavy (non-hydrogen) atoms. The van der Waals surface area contributed by atoms with Gasteiger partial charge in [-0.05, 0) is 37.5 Å². The van der Waals surface area contributed by atoms with Crippen molar-refractivity contribution in [3.8, 4) is 11.8 Å². The van der Waals surface area contributed by atoms with E-state index in [0.29, 0.717) is 23.9 Å². The summed E-state index contributed by atoms with van der Waals surface area (Å²) in [4.78, 5) is 2.38. The second-order valence-electron chi connectivity index (χ2n) is 6.01. The van der Waals surface area contributed by atoms with Gasteiger partial charge in [0.15, 0.2) is 0 Å². The van der Waals surface area contributed by atoms with Gasteiger partial charge in [-0.15, -0.1) is 0 Å². The summed E-state index contributed by atoms with van der Waals surface area (Å²) in [6.45, 7) is 10.6. The van der Waals surface area contributed by atoms with Crippen LogP contribution in [0, 0.1) is 23.6 Å². The van der Waals surface area contributed by atoms with E-state index in [1.165, 1.54) is 6.07 Å². The molecule has 0 radical (unpaired) electrons. The quantitative estimate of drug-likeness (QED) is 0.812. The lowest BCUT2D eigenvalue weighted by Crippen LogP contribution is -2.33. The summed E-state index contributed by atoms with van der Waals surface area (Å²) < 4.78 is 13.7. The molecule has 0 aromatic heterocycles. The minimum Gasteiger partial charge on any atom is -0.395 e. The Hall–Kier alpha value is -1.37. The van der Waals surface area contributed by atoms with Crippen LogP contribution in [0.2, 0.25) is 0 Å². The number of hydrogen-bond acceptors (Lipinski definition) is 2. The summed E-state index contributed by atoms with van der Waals surface area (Å²) in [7, 11) is 0. The van der Waals surface area contributed by atoms with Crippen molar-refractivity contribution in [2.24, 2.45) is 5.92 Å². The van der Waals surface area contributed by atoms with Crippen LogP contribution in [-0.4, -0.2) is 29.2 Å². The molecule has 0 amide bonds. The first-order valence-electron chi connectivity index (χ1n) is 7.56. The fraction of sp³-hybridized carbons (Fsp3) is 0.556.